The molecule has 0 aliphatic carbocycles. The Hall–Kier alpha value is -3.52. The lowest BCUT2D eigenvalue weighted by Gasteiger charge is -2.33. The van der Waals surface area contributed by atoms with Crippen molar-refractivity contribution in [3.8, 4) is 17.1 Å². The van der Waals surface area contributed by atoms with Crippen LogP contribution in [0.25, 0.3) is 11.4 Å². The first-order valence-corrected chi connectivity index (χ1v) is 10.3. The summed E-state index contributed by atoms with van der Waals surface area (Å²) in [5.41, 5.74) is 15.2. The highest BCUT2D eigenvalue weighted by Crippen LogP contribution is 2.29. The van der Waals surface area contributed by atoms with Gasteiger partial charge in [-0.05, 0) is 31.0 Å². The third kappa shape index (κ3) is 4.49. The minimum atomic E-state index is -0.188. The summed E-state index contributed by atoms with van der Waals surface area (Å²) in [5.74, 6) is 0.830. The fourth-order valence-corrected chi connectivity index (χ4v) is 3.92. The highest BCUT2D eigenvalue weighted by molar-refractivity contribution is 6.01. The first-order valence-electron chi connectivity index (χ1n) is 10.3. The summed E-state index contributed by atoms with van der Waals surface area (Å²) in [5, 5.41) is 0. The van der Waals surface area contributed by atoms with Crippen molar-refractivity contribution >= 4 is 17.2 Å². The van der Waals surface area contributed by atoms with Gasteiger partial charge in [-0.25, -0.2) is 9.97 Å². The molecule has 3 aromatic rings. The van der Waals surface area contributed by atoms with Crippen molar-refractivity contribution in [2.45, 2.75) is 25.3 Å². The first-order chi connectivity index (χ1) is 15.1. The highest BCUT2D eigenvalue weighted by Gasteiger charge is 2.22. The van der Waals surface area contributed by atoms with Gasteiger partial charge in [-0.1, -0.05) is 12.1 Å². The van der Waals surface area contributed by atoms with Crippen LogP contribution in [0.2, 0.25) is 0 Å². The van der Waals surface area contributed by atoms with E-state index in [1.807, 2.05) is 30.3 Å². The van der Waals surface area contributed by atoms with E-state index < -0.39 is 0 Å². The Labute approximate surface area is 181 Å². The van der Waals surface area contributed by atoms with Crippen molar-refractivity contribution in [3.05, 3.63) is 60.2 Å². The van der Waals surface area contributed by atoms with E-state index in [1.54, 1.807) is 19.5 Å². The Morgan fingerprint density at radius 1 is 1.26 bits per heavy atom. The van der Waals surface area contributed by atoms with Gasteiger partial charge in [0.2, 0.25) is 0 Å². The van der Waals surface area contributed by atoms with Crippen molar-refractivity contribution in [2.24, 2.45) is 5.73 Å². The average Bonchev–Trinajstić information content (AvgIpc) is 2.79. The summed E-state index contributed by atoms with van der Waals surface area (Å²) in [4.78, 5) is 28.4. The number of hydrogen-bond donors (Lipinski definition) is 2. The maximum absolute atomic E-state index is 13.2. The molecular formula is C23H26N6O2. The molecule has 1 saturated heterocycles. The molecule has 1 fully saturated rings. The van der Waals surface area contributed by atoms with Crippen LogP contribution in [0.4, 0.5) is 11.4 Å². The smallest absolute Gasteiger partial charge is 0.187 e. The van der Waals surface area contributed by atoms with Crippen LogP contribution in [0, 0.1) is 0 Å². The number of Topliss-reactive ketones (excluding diaryl/α,β-unsaturated/α-hetero) is 1. The normalized spacial score (nSPS) is 16.2. The number of benzene rings is 1. The fourth-order valence-electron chi connectivity index (χ4n) is 3.92. The number of hydrogen-bond acceptors (Lipinski definition) is 8. The molecule has 4 N–H and O–H groups in total. The molecule has 0 amide bonds. The summed E-state index contributed by atoms with van der Waals surface area (Å²) in [6.07, 6.45) is 7.11. The molecule has 4 rings (SSSR count). The van der Waals surface area contributed by atoms with Gasteiger partial charge in [-0.2, -0.15) is 0 Å². The van der Waals surface area contributed by atoms with E-state index in [1.165, 1.54) is 6.20 Å². The van der Waals surface area contributed by atoms with Gasteiger partial charge in [0.25, 0.3) is 0 Å². The van der Waals surface area contributed by atoms with Crippen LogP contribution in [-0.2, 0) is 6.42 Å². The van der Waals surface area contributed by atoms with Crippen LogP contribution < -0.4 is 21.1 Å². The number of methoxy groups -OCH3 is 1. The van der Waals surface area contributed by atoms with Gasteiger partial charge in [-0.3, -0.25) is 9.78 Å². The molecule has 8 heteroatoms. The van der Waals surface area contributed by atoms with Crippen LogP contribution in [0.1, 0.15) is 28.9 Å². The molecular weight excluding hydrogens is 392 g/mol. The van der Waals surface area contributed by atoms with Gasteiger partial charge in [0.15, 0.2) is 11.6 Å². The molecule has 1 aliphatic rings. The van der Waals surface area contributed by atoms with Crippen molar-refractivity contribution in [1.82, 2.24) is 15.0 Å². The summed E-state index contributed by atoms with van der Waals surface area (Å²) < 4.78 is 5.40. The number of para-hydroxylation sites is 1. The molecule has 1 aliphatic heterocycles. The first kappa shape index (κ1) is 20.7. The number of pyridine rings is 1. The molecule has 1 atom stereocenters. The number of carbonyl (C=O) groups excluding carboxylic acids is 1. The number of nitrogens with two attached hydrogens (primary N) is 2. The zero-order chi connectivity index (χ0) is 21.8. The molecule has 0 unspecified atom stereocenters. The van der Waals surface area contributed by atoms with Crippen LogP contribution in [0.3, 0.4) is 0 Å². The topological polar surface area (TPSA) is 120 Å². The van der Waals surface area contributed by atoms with Crippen molar-refractivity contribution in [1.29, 1.82) is 0 Å². The zero-order valence-electron chi connectivity index (χ0n) is 17.5. The number of nitrogen functional groups attached to an aromatic ring is 1. The van der Waals surface area contributed by atoms with Crippen molar-refractivity contribution in [3.63, 3.8) is 0 Å². The minimum absolute atomic E-state index is 0.131. The standard InChI is InChI=1S/C23H26N6O2/c1-31-21-7-3-2-6-17(21)23-27-13-18(25)22(28-23)20(30)11-15-12-26-9-8-19(15)29-10-4-5-16(24)14-29/h2-3,6-9,12-13,16H,4-5,10-11,14,24-25H2,1H3/t16-/m0/s1. The number of ether oxygens (including phenoxy) is 1. The number of nitrogens with zero attached hydrogens (tertiary/aromatic N) is 4. The number of rotatable bonds is 6. The molecule has 8 nitrogen and oxygen atoms in total. The second kappa shape index (κ2) is 9.09. The summed E-state index contributed by atoms with van der Waals surface area (Å²) in [6.45, 7) is 1.67. The molecule has 0 spiro atoms. The Bertz CT molecular complexity index is 1090. The van der Waals surface area contributed by atoms with Gasteiger partial charge in [0.1, 0.15) is 11.4 Å². The van der Waals surface area contributed by atoms with Gasteiger partial charge in [0, 0.05) is 49.2 Å². The molecule has 160 valence electrons. The number of ketones is 1. The number of anilines is 2. The van der Waals surface area contributed by atoms with Gasteiger partial charge < -0.3 is 21.1 Å². The molecule has 0 saturated carbocycles. The van der Waals surface area contributed by atoms with E-state index in [0.29, 0.717) is 17.1 Å². The van der Waals surface area contributed by atoms with Gasteiger partial charge >= 0.3 is 0 Å². The molecule has 31 heavy (non-hydrogen) atoms. The summed E-state index contributed by atoms with van der Waals surface area (Å²) in [7, 11) is 1.58. The average molecular weight is 419 g/mol. The Kier molecular flexibility index (Phi) is 6.08. The third-order valence-electron chi connectivity index (χ3n) is 5.46. The Morgan fingerprint density at radius 3 is 2.90 bits per heavy atom. The molecule has 0 bridgehead atoms. The third-order valence-corrected chi connectivity index (χ3v) is 5.46. The molecule has 2 aromatic heterocycles. The lowest BCUT2D eigenvalue weighted by molar-refractivity contribution is 0.0989. The Morgan fingerprint density at radius 2 is 2.10 bits per heavy atom. The zero-order valence-corrected chi connectivity index (χ0v) is 17.5. The van der Waals surface area contributed by atoms with Crippen LogP contribution in [-0.4, -0.2) is 47.0 Å². The minimum Gasteiger partial charge on any atom is -0.496 e. The number of aromatic nitrogens is 3. The van der Waals surface area contributed by atoms with Crippen LogP contribution in [0.5, 0.6) is 5.75 Å². The predicted molar refractivity (Wildman–Crippen MR) is 120 cm³/mol. The van der Waals surface area contributed by atoms with E-state index in [-0.39, 0.29) is 29.6 Å². The van der Waals surface area contributed by atoms with E-state index in [0.717, 1.165) is 37.2 Å². The van der Waals surface area contributed by atoms with Gasteiger partial charge in [-0.15, -0.1) is 0 Å². The number of piperidine rings is 1. The largest absolute Gasteiger partial charge is 0.496 e. The maximum atomic E-state index is 13.2. The van der Waals surface area contributed by atoms with E-state index in [2.05, 4.69) is 19.9 Å². The SMILES string of the molecule is COc1ccccc1-c1ncc(N)c(C(=O)Cc2cnccc2N2CCC[C@H](N)C2)n1. The van der Waals surface area contributed by atoms with E-state index in [9.17, 15) is 4.79 Å². The quantitative estimate of drug-likeness (QED) is 0.586. The maximum Gasteiger partial charge on any atom is 0.187 e. The Balaban J connectivity index is 1.63. The lowest BCUT2D eigenvalue weighted by Crippen LogP contribution is -2.43. The monoisotopic (exact) mass is 418 g/mol. The second-order valence-corrected chi connectivity index (χ2v) is 7.65. The summed E-state index contributed by atoms with van der Waals surface area (Å²) in [6, 6.07) is 9.46. The molecule has 0 radical (unpaired) electrons. The molecule has 3 heterocycles. The lowest BCUT2D eigenvalue weighted by atomic mass is 10.0. The van der Waals surface area contributed by atoms with E-state index >= 15 is 0 Å². The van der Waals surface area contributed by atoms with Crippen LogP contribution in [0.15, 0.2) is 48.9 Å². The predicted octanol–water partition coefficient (Wildman–Crippen LogP) is 2.48. The second-order valence-electron chi connectivity index (χ2n) is 7.65. The van der Waals surface area contributed by atoms with Crippen molar-refractivity contribution < 1.29 is 9.53 Å². The fraction of sp³-hybridized carbons (Fsp3) is 0.304. The van der Waals surface area contributed by atoms with Gasteiger partial charge in [0.05, 0.1) is 24.6 Å². The summed E-state index contributed by atoms with van der Waals surface area (Å²) >= 11 is 0. The molecule has 1 aromatic carbocycles. The van der Waals surface area contributed by atoms with E-state index in [4.69, 9.17) is 16.2 Å². The highest BCUT2D eigenvalue weighted by atomic mass is 16.5. The van der Waals surface area contributed by atoms with Crippen molar-refractivity contribution in [2.75, 3.05) is 30.8 Å². The number of carbonyl (C=O) groups is 1. The van der Waals surface area contributed by atoms with Crippen LogP contribution >= 0.6 is 0 Å².